The fourth-order valence-electron chi connectivity index (χ4n) is 1.59. The van der Waals surface area contributed by atoms with E-state index in [0.29, 0.717) is 23.9 Å². The third-order valence-electron chi connectivity index (χ3n) is 2.52. The first-order valence-electron chi connectivity index (χ1n) is 6.15. The maximum atomic E-state index is 12.1. The molecule has 0 saturated heterocycles. The molecule has 0 aliphatic rings. The number of hydrogen-bond donors (Lipinski definition) is 1. The number of methoxy groups -OCH3 is 1. The molecule has 1 amide bonds. The summed E-state index contributed by atoms with van der Waals surface area (Å²) in [5, 5.41) is 10.3. The summed E-state index contributed by atoms with van der Waals surface area (Å²) < 4.78 is 10.3. The molecule has 104 valence electrons. The van der Waals surface area contributed by atoms with Gasteiger partial charge in [0.05, 0.1) is 19.4 Å². The minimum Gasteiger partial charge on any atom is -0.492 e. The van der Waals surface area contributed by atoms with E-state index in [0.717, 1.165) is 0 Å². The summed E-state index contributed by atoms with van der Waals surface area (Å²) >= 11 is 0. The molecule has 0 unspecified atom stereocenters. The number of amides is 1. The Kier molecular flexibility index (Phi) is 4.49. The van der Waals surface area contributed by atoms with Gasteiger partial charge in [-0.3, -0.25) is 4.79 Å². The summed E-state index contributed by atoms with van der Waals surface area (Å²) in [4.78, 5) is 12.1. The summed E-state index contributed by atoms with van der Waals surface area (Å²) in [7, 11) is 1.49. The molecule has 1 aromatic heterocycles. The second-order valence-corrected chi connectivity index (χ2v) is 3.84. The van der Waals surface area contributed by atoms with Crippen molar-refractivity contribution >= 4 is 11.6 Å². The molecular weight excluding hydrogens is 258 g/mol. The van der Waals surface area contributed by atoms with E-state index in [4.69, 9.17) is 9.47 Å². The lowest BCUT2D eigenvalue weighted by atomic mass is 10.2. The molecule has 0 radical (unpaired) electrons. The zero-order valence-corrected chi connectivity index (χ0v) is 11.3. The normalized spacial score (nSPS) is 9.90. The number of ether oxygens (including phenoxy) is 2. The van der Waals surface area contributed by atoms with Crippen LogP contribution in [-0.2, 0) is 0 Å². The molecule has 6 nitrogen and oxygen atoms in total. The highest BCUT2D eigenvalue weighted by atomic mass is 16.5. The Balaban J connectivity index is 2.14. The van der Waals surface area contributed by atoms with Gasteiger partial charge in [0.1, 0.15) is 5.75 Å². The van der Waals surface area contributed by atoms with Crippen LogP contribution in [0, 0.1) is 0 Å². The molecule has 0 aliphatic carbocycles. The average molecular weight is 273 g/mol. The van der Waals surface area contributed by atoms with Gasteiger partial charge in [0.2, 0.25) is 5.88 Å². The van der Waals surface area contributed by atoms with Crippen molar-refractivity contribution in [1.82, 2.24) is 10.2 Å². The maximum Gasteiger partial charge on any atom is 0.276 e. The molecule has 0 aliphatic heterocycles. The van der Waals surface area contributed by atoms with Crippen molar-refractivity contribution in [3.63, 3.8) is 0 Å². The molecule has 0 saturated carbocycles. The highest BCUT2D eigenvalue weighted by Gasteiger charge is 2.11. The Labute approximate surface area is 116 Å². The molecule has 20 heavy (non-hydrogen) atoms. The van der Waals surface area contributed by atoms with Crippen LogP contribution in [0.5, 0.6) is 11.6 Å². The number of carbonyl (C=O) groups excluding carboxylic acids is 1. The number of benzene rings is 1. The van der Waals surface area contributed by atoms with Crippen LogP contribution in [0.25, 0.3) is 0 Å². The van der Waals surface area contributed by atoms with Crippen LogP contribution >= 0.6 is 0 Å². The van der Waals surface area contributed by atoms with Gasteiger partial charge in [-0.25, -0.2) is 0 Å². The van der Waals surface area contributed by atoms with Crippen molar-refractivity contribution in [3.05, 3.63) is 42.1 Å². The molecule has 1 N–H and O–H groups in total. The number of anilines is 1. The number of para-hydroxylation sites is 2. The second kappa shape index (κ2) is 6.51. The summed E-state index contributed by atoms with van der Waals surface area (Å²) in [6.07, 6.45) is 0. The Morgan fingerprint density at radius 2 is 2.00 bits per heavy atom. The average Bonchev–Trinajstić information content (AvgIpc) is 2.49. The van der Waals surface area contributed by atoms with E-state index in [1.54, 1.807) is 24.3 Å². The minimum absolute atomic E-state index is 0.206. The molecule has 0 bridgehead atoms. The first-order valence-corrected chi connectivity index (χ1v) is 6.15. The Morgan fingerprint density at radius 3 is 2.65 bits per heavy atom. The van der Waals surface area contributed by atoms with Gasteiger partial charge in [0.15, 0.2) is 5.69 Å². The summed E-state index contributed by atoms with van der Waals surface area (Å²) in [5.41, 5.74) is 0.800. The van der Waals surface area contributed by atoms with Crippen LogP contribution in [0.15, 0.2) is 36.4 Å². The fourth-order valence-corrected chi connectivity index (χ4v) is 1.59. The van der Waals surface area contributed by atoms with Crippen molar-refractivity contribution in [2.24, 2.45) is 0 Å². The van der Waals surface area contributed by atoms with Crippen LogP contribution in [0.3, 0.4) is 0 Å². The van der Waals surface area contributed by atoms with Gasteiger partial charge in [-0.2, -0.15) is 0 Å². The summed E-state index contributed by atoms with van der Waals surface area (Å²) in [6.45, 7) is 2.41. The molecular formula is C14H15N3O3. The number of hydrogen-bond acceptors (Lipinski definition) is 5. The van der Waals surface area contributed by atoms with Gasteiger partial charge in [-0.15, -0.1) is 10.2 Å². The lowest BCUT2D eigenvalue weighted by molar-refractivity contribution is 0.102. The molecule has 0 atom stereocenters. The predicted octanol–water partition coefficient (Wildman–Crippen LogP) is 2.14. The molecule has 6 heteroatoms. The first kappa shape index (κ1) is 13.8. The van der Waals surface area contributed by atoms with Crippen LogP contribution < -0.4 is 14.8 Å². The van der Waals surface area contributed by atoms with Crippen molar-refractivity contribution < 1.29 is 14.3 Å². The van der Waals surface area contributed by atoms with Gasteiger partial charge in [-0.1, -0.05) is 12.1 Å². The lowest BCUT2D eigenvalue weighted by Gasteiger charge is -2.10. The molecule has 1 aromatic carbocycles. The van der Waals surface area contributed by atoms with Crippen molar-refractivity contribution in [2.45, 2.75) is 6.92 Å². The van der Waals surface area contributed by atoms with E-state index in [1.807, 2.05) is 19.1 Å². The van der Waals surface area contributed by atoms with E-state index in [1.165, 1.54) is 7.11 Å². The van der Waals surface area contributed by atoms with E-state index in [2.05, 4.69) is 15.5 Å². The van der Waals surface area contributed by atoms with Gasteiger partial charge in [0, 0.05) is 6.07 Å². The molecule has 0 fully saturated rings. The molecule has 2 aromatic rings. The number of aromatic nitrogens is 2. The zero-order valence-electron chi connectivity index (χ0n) is 11.3. The van der Waals surface area contributed by atoms with Gasteiger partial charge >= 0.3 is 0 Å². The van der Waals surface area contributed by atoms with E-state index < -0.39 is 0 Å². The standard InChI is InChI=1S/C14H15N3O3/c1-3-20-12-7-5-4-6-10(12)15-14(18)11-8-9-13(19-2)17-16-11/h4-9H,3H2,1-2H3,(H,15,18). The minimum atomic E-state index is -0.354. The van der Waals surface area contributed by atoms with Crippen LogP contribution in [-0.4, -0.2) is 29.8 Å². The van der Waals surface area contributed by atoms with Gasteiger partial charge < -0.3 is 14.8 Å². The SMILES string of the molecule is CCOc1ccccc1NC(=O)c1ccc(OC)nn1. The molecule has 0 spiro atoms. The quantitative estimate of drug-likeness (QED) is 0.903. The van der Waals surface area contributed by atoms with E-state index >= 15 is 0 Å². The second-order valence-electron chi connectivity index (χ2n) is 3.84. The highest BCUT2D eigenvalue weighted by Crippen LogP contribution is 2.24. The number of nitrogens with one attached hydrogen (secondary N) is 1. The lowest BCUT2D eigenvalue weighted by Crippen LogP contribution is -2.15. The van der Waals surface area contributed by atoms with Crippen LogP contribution in [0.2, 0.25) is 0 Å². The van der Waals surface area contributed by atoms with Crippen LogP contribution in [0.4, 0.5) is 5.69 Å². The molecule has 2 rings (SSSR count). The van der Waals surface area contributed by atoms with Crippen molar-refractivity contribution in [1.29, 1.82) is 0 Å². The Hall–Kier alpha value is -2.63. The Morgan fingerprint density at radius 1 is 1.20 bits per heavy atom. The zero-order chi connectivity index (χ0) is 14.4. The van der Waals surface area contributed by atoms with E-state index in [9.17, 15) is 4.79 Å². The van der Waals surface area contributed by atoms with Gasteiger partial charge in [-0.05, 0) is 25.1 Å². The third kappa shape index (κ3) is 3.23. The summed E-state index contributed by atoms with van der Waals surface area (Å²) in [5.74, 6) is 0.619. The number of nitrogens with zero attached hydrogens (tertiary/aromatic N) is 2. The summed E-state index contributed by atoms with van der Waals surface area (Å²) in [6, 6.07) is 10.3. The first-order chi connectivity index (χ1) is 9.74. The van der Waals surface area contributed by atoms with Gasteiger partial charge in [0.25, 0.3) is 5.91 Å². The van der Waals surface area contributed by atoms with Crippen molar-refractivity contribution in [3.8, 4) is 11.6 Å². The predicted molar refractivity (Wildman–Crippen MR) is 74.1 cm³/mol. The largest absolute Gasteiger partial charge is 0.492 e. The molecule has 1 heterocycles. The van der Waals surface area contributed by atoms with E-state index in [-0.39, 0.29) is 11.6 Å². The smallest absolute Gasteiger partial charge is 0.276 e. The third-order valence-corrected chi connectivity index (χ3v) is 2.52. The number of rotatable bonds is 5. The maximum absolute atomic E-state index is 12.1. The van der Waals surface area contributed by atoms with Crippen molar-refractivity contribution in [2.75, 3.05) is 19.0 Å². The monoisotopic (exact) mass is 273 g/mol. The number of carbonyl (C=O) groups is 1. The highest BCUT2D eigenvalue weighted by molar-refractivity contribution is 6.03. The Bertz CT molecular complexity index is 584. The fraction of sp³-hybridized carbons (Fsp3) is 0.214. The van der Waals surface area contributed by atoms with Crippen LogP contribution in [0.1, 0.15) is 17.4 Å². The topological polar surface area (TPSA) is 73.3 Å².